The lowest BCUT2D eigenvalue weighted by molar-refractivity contribution is 0.555. The summed E-state index contributed by atoms with van der Waals surface area (Å²) in [6.07, 6.45) is 0.881. The first-order valence-corrected chi connectivity index (χ1v) is 8.36. The summed E-state index contributed by atoms with van der Waals surface area (Å²) in [7, 11) is 0. The van der Waals surface area contributed by atoms with E-state index in [1.54, 1.807) is 23.5 Å². The Kier molecular flexibility index (Phi) is 5.35. The van der Waals surface area contributed by atoms with Crippen molar-refractivity contribution in [2.24, 2.45) is 0 Å². The highest BCUT2D eigenvalue weighted by molar-refractivity contribution is 9.11. The Morgan fingerprint density at radius 3 is 2.55 bits per heavy atom. The van der Waals surface area contributed by atoms with Crippen LogP contribution < -0.4 is 5.32 Å². The number of thiophene rings is 1. The summed E-state index contributed by atoms with van der Waals surface area (Å²) in [6, 6.07) is 7.54. The molecule has 20 heavy (non-hydrogen) atoms. The summed E-state index contributed by atoms with van der Waals surface area (Å²) in [5.74, 6) is -0.166. The Morgan fingerprint density at radius 2 is 2.00 bits per heavy atom. The molecular formula is C16H19BrFNS. The molecule has 0 saturated heterocycles. The molecule has 1 nitrogen and oxygen atoms in total. The van der Waals surface area contributed by atoms with E-state index in [2.05, 4.69) is 41.2 Å². The fraction of sp³-hybridized carbons (Fsp3) is 0.375. The Labute approximate surface area is 132 Å². The third-order valence-electron chi connectivity index (χ3n) is 3.40. The SMILES string of the molecule is CCNC(Cc1ccc(F)cc1C)c1cc(C)c(Br)s1. The van der Waals surface area contributed by atoms with Crippen molar-refractivity contribution >= 4 is 27.3 Å². The molecule has 0 spiro atoms. The highest BCUT2D eigenvalue weighted by Crippen LogP contribution is 2.33. The minimum atomic E-state index is -0.166. The van der Waals surface area contributed by atoms with E-state index < -0.39 is 0 Å². The molecule has 0 aliphatic carbocycles. The summed E-state index contributed by atoms with van der Waals surface area (Å²) in [6.45, 7) is 7.10. The average Bonchev–Trinajstić information content (AvgIpc) is 2.72. The maximum atomic E-state index is 13.2. The highest BCUT2D eigenvalue weighted by atomic mass is 79.9. The third kappa shape index (κ3) is 3.68. The molecule has 0 aliphatic heterocycles. The summed E-state index contributed by atoms with van der Waals surface area (Å²) >= 11 is 5.36. The van der Waals surface area contributed by atoms with Gasteiger partial charge in [-0.3, -0.25) is 0 Å². The highest BCUT2D eigenvalue weighted by Gasteiger charge is 2.16. The second-order valence-corrected chi connectivity index (χ2v) is 7.39. The molecule has 1 N–H and O–H groups in total. The fourth-order valence-corrected chi connectivity index (χ4v) is 3.93. The van der Waals surface area contributed by atoms with Crippen LogP contribution in [-0.4, -0.2) is 6.54 Å². The molecule has 1 atom stereocenters. The minimum Gasteiger partial charge on any atom is -0.309 e. The number of hydrogen-bond donors (Lipinski definition) is 1. The summed E-state index contributed by atoms with van der Waals surface area (Å²) < 4.78 is 14.4. The molecule has 0 saturated carbocycles. The van der Waals surface area contributed by atoms with E-state index in [4.69, 9.17) is 0 Å². The van der Waals surface area contributed by atoms with Crippen molar-refractivity contribution in [3.8, 4) is 0 Å². The van der Waals surface area contributed by atoms with Gasteiger partial charge < -0.3 is 5.32 Å². The van der Waals surface area contributed by atoms with Gasteiger partial charge in [0, 0.05) is 10.9 Å². The summed E-state index contributed by atoms with van der Waals surface area (Å²) in [4.78, 5) is 1.32. The van der Waals surface area contributed by atoms with E-state index in [9.17, 15) is 4.39 Å². The second kappa shape index (κ2) is 6.83. The van der Waals surface area contributed by atoms with Gasteiger partial charge in [-0.1, -0.05) is 13.0 Å². The maximum Gasteiger partial charge on any atom is 0.123 e. The molecule has 4 heteroatoms. The van der Waals surface area contributed by atoms with Crippen LogP contribution in [0.15, 0.2) is 28.1 Å². The van der Waals surface area contributed by atoms with E-state index in [0.29, 0.717) is 0 Å². The molecule has 0 amide bonds. The summed E-state index contributed by atoms with van der Waals surface area (Å²) in [5.41, 5.74) is 3.48. The molecule has 2 rings (SSSR count). The molecular weight excluding hydrogens is 337 g/mol. The fourth-order valence-electron chi connectivity index (χ4n) is 2.28. The van der Waals surface area contributed by atoms with Crippen LogP contribution in [0, 0.1) is 19.7 Å². The molecule has 0 aliphatic rings. The molecule has 1 aromatic heterocycles. The van der Waals surface area contributed by atoms with Gasteiger partial charge in [-0.15, -0.1) is 11.3 Å². The molecule has 1 aromatic carbocycles. The van der Waals surface area contributed by atoms with Crippen LogP contribution in [0.3, 0.4) is 0 Å². The van der Waals surface area contributed by atoms with Crippen molar-refractivity contribution in [3.63, 3.8) is 0 Å². The monoisotopic (exact) mass is 355 g/mol. The van der Waals surface area contributed by atoms with Crippen molar-refractivity contribution in [3.05, 3.63) is 55.4 Å². The zero-order chi connectivity index (χ0) is 14.7. The van der Waals surface area contributed by atoms with Gasteiger partial charge in [-0.25, -0.2) is 4.39 Å². The van der Waals surface area contributed by atoms with Crippen LogP contribution in [0.2, 0.25) is 0 Å². The standard InChI is InChI=1S/C16H19BrFNS/c1-4-19-14(15-8-11(3)16(17)20-15)9-12-5-6-13(18)7-10(12)2/h5-8,14,19H,4,9H2,1-3H3. The minimum absolute atomic E-state index is 0.166. The van der Waals surface area contributed by atoms with Gasteiger partial charge in [0.05, 0.1) is 3.79 Å². The second-order valence-electron chi connectivity index (χ2n) is 4.99. The van der Waals surface area contributed by atoms with Gasteiger partial charge in [0.15, 0.2) is 0 Å². The first-order valence-electron chi connectivity index (χ1n) is 6.75. The van der Waals surface area contributed by atoms with E-state index in [0.717, 1.165) is 18.5 Å². The van der Waals surface area contributed by atoms with Crippen LogP contribution in [0.25, 0.3) is 0 Å². The van der Waals surface area contributed by atoms with Gasteiger partial charge >= 0.3 is 0 Å². The topological polar surface area (TPSA) is 12.0 Å². The van der Waals surface area contributed by atoms with Crippen LogP contribution in [0.5, 0.6) is 0 Å². The third-order valence-corrected chi connectivity index (χ3v) is 5.65. The number of nitrogens with one attached hydrogen (secondary N) is 1. The Bertz CT molecular complexity index is 575. The Hall–Kier alpha value is -0.710. The zero-order valence-electron chi connectivity index (χ0n) is 12.0. The van der Waals surface area contributed by atoms with Gasteiger partial charge in [-0.2, -0.15) is 0 Å². The van der Waals surface area contributed by atoms with Crippen LogP contribution >= 0.6 is 27.3 Å². The Morgan fingerprint density at radius 1 is 1.25 bits per heavy atom. The van der Waals surface area contributed by atoms with Crippen molar-refractivity contribution in [2.45, 2.75) is 33.2 Å². The van der Waals surface area contributed by atoms with Crippen LogP contribution in [-0.2, 0) is 6.42 Å². The van der Waals surface area contributed by atoms with E-state index in [1.165, 1.54) is 19.8 Å². The number of hydrogen-bond acceptors (Lipinski definition) is 2. The van der Waals surface area contributed by atoms with Gasteiger partial charge in [0.2, 0.25) is 0 Å². The quantitative estimate of drug-likeness (QED) is 0.780. The number of halogens is 2. The Balaban J connectivity index is 2.25. The molecule has 1 unspecified atom stereocenters. The molecule has 2 aromatic rings. The molecule has 0 bridgehead atoms. The molecule has 0 fully saturated rings. The van der Waals surface area contributed by atoms with Gasteiger partial charge in [-0.05, 0) is 77.6 Å². The van der Waals surface area contributed by atoms with Crippen LogP contribution in [0.1, 0.15) is 34.5 Å². The van der Waals surface area contributed by atoms with Crippen molar-refractivity contribution in [1.29, 1.82) is 0 Å². The van der Waals surface area contributed by atoms with Crippen molar-refractivity contribution < 1.29 is 4.39 Å². The lowest BCUT2D eigenvalue weighted by Crippen LogP contribution is -2.22. The van der Waals surface area contributed by atoms with Crippen LogP contribution in [0.4, 0.5) is 4.39 Å². The first-order chi connectivity index (χ1) is 9.51. The smallest absolute Gasteiger partial charge is 0.123 e. The largest absolute Gasteiger partial charge is 0.309 e. The number of rotatable bonds is 5. The van der Waals surface area contributed by atoms with Crippen molar-refractivity contribution in [2.75, 3.05) is 6.54 Å². The maximum absolute atomic E-state index is 13.2. The lowest BCUT2D eigenvalue weighted by Gasteiger charge is -2.18. The van der Waals surface area contributed by atoms with E-state index in [-0.39, 0.29) is 11.9 Å². The zero-order valence-corrected chi connectivity index (χ0v) is 14.4. The number of benzene rings is 1. The van der Waals surface area contributed by atoms with Crippen molar-refractivity contribution in [1.82, 2.24) is 5.32 Å². The first kappa shape index (κ1) is 15.7. The summed E-state index contributed by atoms with van der Waals surface area (Å²) in [5, 5.41) is 3.53. The molecule has 1 heterocycles. The normalized spacial score (nSPS) is 12.7. The number of likely N-dealkylation sites (N-methyl/N-ethyl adjacent to an activating group) is 1. The average molecular weight is 356 g/mol. The predicted octanol–water partition coefficient (Wildman–Crippen LogP) is 5.16. The molecule has 108 valence electrons. The van der Waals surface area contributed by atoms with Gasteiger partial charge in [0.1, 0.15) is 5.82 Å². The van der Waals surface area contributed by atoms with Gasteiger partial charge in [0.25, 0.3) is 0 Å². The van der Waals surface area contributed by atoms with E-state index >= 15 is 0 Å². The molecule has 0 radical (unpaired) electrons. The predicted molar refractivity (Wildman–Crippen MR) is 88.0 cm³/mol. The number of aryl methyl sites for hydroxylation is 2. The van der Waals surface area contributed by atoms with E-state index in [1.807, 2.05) is 13.0 Å². The lowest BCUT2D eigenvalue weighted by atomic mass is 10.00.